The predicted octanol–water partition coefficient (Wildman–Crippen LogP) is -1.99. The highest BCUT2D eigenvalue weighted by molar-refractivity contribution is 6.05. The third kappa shape index (κ3) is 7.63. The highest BCUT2D eigenvalue weighted by Crippen LogP contribution is 2.46. The van der Waals surface area contributed by atoms with E-state index in [0.717, 1.165) is 12.1 Å². The third-order valence-electron chi connectivity index (χ3n) is 10.2. The van der Waals surface area contributed by atoms with Crippen LogP contribution in [0.1, 0.15) is 33.7 Å². The summed E-state index contributed by atoms with van der Waals surface area (Å²) in [5.41, 5.74) is 0.372. The Hall–Kier alpha value is -4.55. The number of rotatable bonds is 10. The molecule has 310 valence electrons. The van der Waals surface area contributed by atoms with Crippen molar-refractivity contribution in [1.82, 2.24) is 0 Å². The molecule has 0 unspecified atom stereocenters. The van der Waals surface area contributed by atoms with E-state index in [1.807, 2.05) is 0 Å². The summed E-state index contributed by atoms with van der Waals surface area (Å²) in [5, 5.41) is 114. The number of hydrogen-bond acceptors (Lipinski definition) is 20. The normalized spacial score (nSPS) is 34.9. The molecule has 4 heterocycles. The Morgan fingerprint density at radius 3 is 2.02 bits per heavy atom. The maximum atomic E-state index is 13.1. The van der Waals surface area contributed by atoms with Crippen LogP contribution in [-0.4, -0.2) is 163 Å². The smallest absolute Gasteiger partial charge is 0.202 e. The van der Waals surface area contributed by atoms with Gasteiger partial charge in [0.15, 0.2) is 60.0 Å². The molecule has 7 rings (SSSR count). The second-order valence-electron chi connectivity index (χ2n) is 13.9. The number of ether oxygens (including phenoxy) is 8. The van der Waals surface area contributed by atoms with Crippen molar-refractivity contribution < 1.29 is 98.9 Å². The summed E-state index contributed by atoms with van der Waals surface area (Å²) in [5.74, 6) is -1.74. The van der Waals surface area contributed by atoms with Crippen LogP contribution < -0.4 is 18.9 Å². The van der Waals surface area contributed by atoms with E-state index in [9.17, 15) is 61.0 Å². The van der Waals surface area contributed by atoms with Crippen LogP contribution in [0.5, 0.6) is 40.2 Å². The Morgan fingerprint density at radius 1 is 0.632 bits per heavy atom. The van der Waals surface area contributed by atoms with E-state index in [2.05, 4.69) is 0 Å². The zero-order chi connectivity index (χ0) is 40.9. The fraction of sp³-hybridized carbons (Fsp3) is 0.486. The maximum absolute atomic E-state index is 13.1. The van der Waals surface area contributed by atoms with Gasteiger partial charge in [0.05, 0.1) is 26.9 Å². The third-order valence-corrected chi connectivity index (χ3v) is 10.2. The average molecular weight is 807 g/mol. The van der Waals surface area contributed by atoms with Crippen molar-refractivity contribution in [2.24, 2.45) is 0 Å². The Kier molecular flexibility index (Phi) is 11.7. The minimum Gasteiger partial charge on any atom is -0.508 e. The Balaban J connectivity index is 1.11. The molecule has 14 atom stereocenters. The van der Waals surface area contributed by atoms with Crippen molar-refractivity contribution in [2.75, 3.05) is 26.9 Å². The Bertz CT molecular complexity index is 1920. The lowest BCUT2D eigenvalue weighted by Crippen LogP contribution is -2.64. The molecule has 20 heteroatoms. The summed E-state index contributed by atoms with van der Waals surface area (Å²) in [6, 6.07) is 10.9. The second-order valence-corrected chi connectivity index (χ2v) is 13.9. The van der Waals surface area contributed by atoms with Crippen molar-refractivity contribution in [1.29, 1.82) is 0 Å². The van der Waals surface area contributed by atoms with Gasteiger partial charge < -0.3 is 94.1 Å². The van der Waals surface area contributed by atoms with Crippen LogP contribution in [-0.2, 0) is 18.9 Å². The zero-order valence-corrected chi connectivity index (χ0v) is 29.9. The molecule has 0 spiro atoms. The first-order chi connectivity index (χ1) is 27.2. The lowest BCUT2D eigenvalue weighted by atomic mass is 9.92. The fourth-order valence-corrected chi connectivity index (χ4v) is 7.15. The molecule has 3 aromatic carbocycles. The lowest BCUT2D eigenvalue weighted by molar-refractivity contribution is -0.360. The molecule has 2 saturated heterocycles. The largest absolute Gasteiger partial charge is 0.508 e. The van der Waals surface area contributed by atoms with E-state index in [1.54, 1.807) is 0 Å². The summed E-state index contributed by atoms with van der Waals surface area (Å²) < 4.78 is 46.4. The summed E-state index contributed by atoms with van der Waals surface area (Å²) in [6.07, 6.45) is -21.8. The quantitative estimate of drug-likeness (QED) is 0.106. The van der Waals surface area contributed by atoms with Crippen LogP contribution in [0.15, 0.2) is 48.5 Å². The molecule has 4 aliphatic rings. The van der Waals surface area contributed by atoms with Crippen LogP contribution in [0.2, 0.25) is 0 Å². The molecule has 2 fully saturated rings. The van der Waals surface area contributed by atoms with Crippen LogP contribution in [0.3, 0.4) is 0 Å². The zero-order valence-electron chi connectivity index (χ0n) is 29.9. The topological polar surface area (TPSA) is 313 Å². The van der Waals surface area contributed by atoms with Gasteiger partial charge in [0, 0.05) is 17.7 Å². The first-order valence-corrected chi connectivity index (χ1v) is 17.7. The summed E-state index contributed by atoms with van der Waals surface area (Å²) in [7, 11) is 1.34. The number of Topliss-reactive ketones (excluding diaryl/α,β-unsaturated/α-hetero) is 1. The number of hydrogen-bond donors (Lipinski definition) is 11. The van der Waals surface area contributed by atoms with Crippen LogP contribution in [0.4, 0.5) is 0 Å². The Morgan fingerprint density at radius 2 is 1.30 bits per heavy atom. The van der Waals surface area contributed by atoms with Gasteiger partial charge in [0.25, 0.3) is 0 Å². The predicted molar refractivity (Wildman–Crippen MR) is 185 cm³/mol. The van der Waals surface area contributed by atoms with Crippen LogP contribution in [0.25, 0.3) is 0 Å². The van der Waals surface area contributed by atoms with E-state index in [1.165, 1.54) is 43.5 Å². The van der Waals surface area contributed by atoms with Gasteiger partial charge in [-0.15, -0.1) is 0 Å². The molecule has 0 aliphatic carbocycles. The maximum Gasteiger partial charge on any atom is 0.202 e. The monoisotopic (exact) mass is 806 g/mol. The van der Waals surface area contributed by atoms with Gasteiger partial charge in [-0.05, 0) is 29.8 Å². The number of carbonyl (C=O) groups excluding carboxylic acids is 1. The molecule has 0 bridgehead atoms. The number of benzene rings is 3. The molecule has 0 aromatic heterocycles. The van der Waals surface area contributed by atoms with Crippen molar-refractivity contribution in [3.8, 4) is 40.2 Å². The number of ketones is 1. The second kappa shape index (κ2) is 16.4. The Labute approximate surface area is 322 Å². The summed E-state index contributed by atoms with van der Waals surface area (Å²) >= 11 is 0. The molecule has 0 saturated carbocycles. The van der Waals surface area contributed by atoms with Crippen molar-refractivity contribution in [3.05, 3.63) is 65.2 Å². The molecular weight excluding hydrogens is 764 g/mol. The number of fused-ring (bicyclic) bond motifs is 2. The van der Waals surface area contributed by atoms with E-state index in [0.29, 0.717) is 5.56 Å². The summed E-state index contributed by atoms with van der Waals surface area (Å²) in [6.45, 7) is -1.94. The summed E-state index contributed by atoms with van der Waals surface area (Å²) in [4.78, 5) is 13.1. The number of aliphatic hydroxyl groups is 8. The van der Waals surface area contributed by atoms with Gasteiger partial charge in [-0.2, -0.15) is 0 Å². The minimum absolute atomic E-state index is 0.0862. The molecule has 4 aliphatic heterocycles. The number of carbonyl (C=O) groups is 1. The number of phenols is 3. The molecule has 11 N–H and O–H groups in total. The molecule has 20 nitrogen and oxygen atoms in total. The number of aliphatic hydroxyl groups excluding tert-OH is 8. The number of aromatic hydroxyl groups is 3. The molecule has 3 aromatic rings. The average Bonchev–Trinajstić information content (AvgIpc) is 3.20. The standard InChI is InChI=1S/C37H42O20/c1-50-19-6-13(2-4-16(19)41)33-24(12-51-36-32(49)30(47)35(23(11-39)56-36)57-37-31(48)28(45)26(43)22(10-38)55-37)52-18-5-3-14(7-20(18)53-33)34-29(46)27(44)25-17(42)8-15(40)9-21(25)54-34/h2-9,22-24,26,28-43,45-49H,10-12H2,1H3/t22-,23-,24-,26-,28+,29+,30-,31-,32-,33-,34-,35-,36-,37-/m1/s1. The number of methoxy groups -OCH3 is 1. The first kappa shape index (κ1) is 40.6. The minimum atomic E-state index is -1.85. The van der Waals surface area contributed by atoms with Gasteiger partial charge >= 0.3 is 0 Å². The van der Waals surface area contributed by atoms with Gasteiger partial charge in [-0.3, -0.25) is 4.79 Å². The van der Waals surface area contributed by atoms with E-state index >= 15 is 0 Å². The highest BCUT2D eigenvalue weighted by atomic mass is 16.7. The first-order valence-electron chi connectivity index (χ1n) is 17.7. The van der Waals surface area contributed by atoms with E-state index in [4.69, 9.17) is 37.9 Å². The van der Waals surface area contributed by atoms with Crippen molar-refractivity contribution in [2.45, 2.75) is 85.8 Å². The lowest BCUT2D eigenvalue weighted by Gasteiger charge is -2.46. The van der Waals surface area contributed by atoms with E-state index < -0.39 is 117 Å². The van der Waals surface area contributed by atoms with Gasteiger partial charge in [-0.25, -0.2) is 0 Å². The fourth-order valence-electron chi connectivity index (χ4n) is 7.15. The SMILES string of the molecule is COc1cc([C@H]2Oc3cc([C@H]4Oc5cc(O)cc(O)c5C(=O)[C@@H]4O)ccc3O[C@@H]2CO[C@@H]2O[C@H](CO)[C@@H](O[C@H]3O[C@H](CO)[C@@H](O)[C@H](O)[C@H]3O)[C@H](O)[C@H]2O)ccc1O. The molecule has 0 radical (unpaired) electrons. The van der Waals surface area contributed by atoms with Crippen molar-refractivity contribution >= 4 is 5.78 Å². The van der Waals surface area contributed by atoms with Gasteiger partial charge in [0.1, 0.15) is 71.6 Å². The van der Waals surface area contributed by atoms with Gasteiger partial charge in [-0.1, -0.05) is 12.1 Å². The van der Waals surface area contributed by atoms with E-state index in [-0.39, 0.29) is 45.6 Å². The number of phenolic OH excluding ortho intramolecular Hbond substituents is 3. The van der Waals surface area contributed by atoms with Crippen molar-refractivity contribution in [3.63, 3.8) is 0 Å². The van der Waals surface area contributed by atoms with Crippen LogP contribution >= 0.6 is 0 Å². The van der Waals surface area contributed by atoms with Gasteiger partial charge in [0.2, 0.25) is 5.78 Å². The highest BCUT2D eigenvalue weighted by Gasteiger charge is 2.51. The molecule has 57 heavy (non-hydrogen) atoms. The molecule has 0 amide bonds. The molecular formula is C37H42O20. The van der Waals surface area contributed by atoms with Crippen LogP contribution in [0, 0.1) is 0 Å².